The third-order valence-electron chi connectivity index (χ3n) is 9.03. The van der Waals surface area contributed by atoms with Gasteiger partial charge in [-0.15, -0.1) is 0 Å². The Bertz CT molecular complexity index is 731. The van der Waals surface area contributed by atoms with Crippen LogP contribution in [0.15, 0.2) is 11.6 Å². The molecule has 7 aliphatic carbocycles. The summed E-state index contributed by atoms with van der Waals surface area (Å²) in [5.41, 5.74) is -1.09. The lowest BCUT2D eigenvalue weighted by molar-refractivity contribution is -0.245. The Balaban J connectivity index is 1.24. The first-order chi connectivity index (χ1) is 14.0. The molecule has 0 amide bonds. The van der Waals surface area contributed by atoms with Crippen molar-refractivity contribution in [3.05, 3.63) is 11.6 Å². The van der Waals surface area contributed by atoms with Crippen LogP contribution in [0.25, 0.3) is 0 Å². The van der Waals surface area contributed by atoms with Gasteiger partial charge in [-0.25, -0.2) is 4.79 Å². The zero-order valence-electron chi connectivity index (χ0n) is 18.8. The van der Waals surface area contributed by atoms with Crippen LogP contribution in [-0.4, -0.2) is 45.2 Å². The minimum atomic E-state index is -0.826. The number of rotatable bonds is 5. The maximum atomic E-state index is 12.8. The minimum absolute atomic E-state index is 0.0414. The number of aliphatic hydroxyl groups is 2. The van der Waals surface area contributed by atoms with Crippen LogP contribution >= 0.6 is 0 Å². The van der Waals surface area contributed by atoms with Gasteiger partial charge in [-0.1, -0.05) is 12.5 Å². The molecule has 5 nitrogen and oxygen atoms in total. The summed E-state index contributed by atoms with van der Waals surface area (Å²) in [6, 6.07) is 0. The van der Waals surface area contributed by atoms with Gasteiger partial charge in [0.05, 0.1) is 16.8 Å². The van der Waals surface area contributed by atoms with Crippen LogP contribution in [-0.2, 0) is 14.3 Å². The maximum absolute atomic E-state index is 12.8. The molecule has 7 aliphatic rings. The fourth-order valence-corrected chi connectivity index (χ4v) is 8.20. The molecule has 30 heavy (non-hydrogen) atoms. The van der Waals surface area contributed by atoms with Gasteiger partial charge in [-0.2, -0.15) is 0 Å². The Labute approximate surface area is 180 Å². The third-order valence-corrected chi connectivity index (χ3v) is 9.03. The lowest BCUT2D eigenvalue weighted by atomic mass is 9.47. The van der Waals surface area contributed by atoms with Crippen molar-refractivity contribution in [2.75, 3.05) is 6.61 Å². The van der Waals surface area contributed by atoms with Crippen molar-refractivity contribution in [3.8, 4) is 0 Å². The predicted octanol–water partition coefficient (Wildman–Crippen LogP) is 3.91. The SMILES string of the molecule is CCC1(O)C2CC3CC1CC(OCC(=O)OC1(C)C=C4CC(C4)CC(C)(O)C1)(C3)C2. The second kappa shape index (κ2) is 6.79. The first-order valence-electron chi connectivity index (χ1n) is 12.0. The van der Waals surface area contributed by atoms with Gasteiger partial charge in [0.15, 0.2) is 0 Å². The van der Waals surface area contributed by atoms with Crippen molar-refractivity contribution in [2.45, 2.75) is 107 Å². The molecule has 4 unspecified atom stereocenters. The average molecular weight is 419 g/mol. The fraction of sp³-hybridized carbons (Fsp3) is 0.880. The van der Waals surface area contributed by atoms with E-state index in [1.807, 2.05) is 13.8 Å². The summed E-state index contributed by atoms with van der Waals surface area (Å²) < 4.78 is 12.2. The molecular formula is C25H38O5. The Kier molecular flexibility index (Phi) is 4.75. The molecule has 0 aromatic heterocycles. The number of fused-ring (bicyclic) bond motifs is 4. The summed E-state index contributed by atoms with van der Waals surface area (Å²) in [4.78, 5) is 12.8. The van der Waals surface area contributed by atoms with E-state index in [2.05, 4.69) is 13.0 Å². The van der Waals surface area contributed by atoms with Gasteiger partial charge in [0.1, 0.15) is 12.2 Å². The van der Waals surface area contributed by atoms with Gasteiger partial charge in [-0.3, -0.25) is 0 Å². The van der Waals surface area contributed by atoms with Crippen molar-refractivity contribution in [1.82, 2.24) is 0 Å². The minimum Gasteiger partial charge on any atom is -0.453 e. The molecule has 5 heteroatoms. The molecule has 6 bridgehead atoms. The van der Waals surface area contributed by atoms with E-state index in [-0.39, 0.29) is 18.2 Å². The molecule has 2 N–H and O–H groups in total. The van der Waals surface area contributed by atoms with Gasteiger partial charge in [0, 0.05) is 6.42 Å². The van der Waals surface area contributed by atoms with E-state index < -0.39 is 16.8 Å². The van der Waals surface area contributed by atoms with E-state index in [1.165, 1.54) is 5.57 Å². The van der Waals surface area contributed by atoms with Crippen LogP contribution in [0.4, 0.5) is 0 Å². The lowest BCUT2D eigenvalue weighted by Crippen LogP contribution is -2.64. The van der Waals surface area contributed by atoms with Crippen molar-refractivity contribution < 1.29 is 24.5 Å². The number of hydrogen-bond donors (Lipinski definition) is 2. The molecule has 0 saturated heterocycles. The predicted molar refractivity (Wildman–Crippen MR) is 113 cm³/mol. The molecule has 7 rings (SSSR count). The Morgan fingerprint density at radius 2 is 1.73 bits per heavy atom. The van der Waals surface area contributed by atoms with Crippen LogP contribution in [0.3, 0.4) is 0 Å². The highest BCUT2D eigenvalue weighted by Gasteiger charge is 2.61. The molecule has 0 radical (unpaired) electrons. The van der Waals surface area contributed by atoms with E-state index in [9.17, 15) is 15.0 Å². The number of ether oxygens (including phenoxy) is 2. The van der Waals surface area contributed by atoms with E-state index in [4.69, 9.17) is 9.47 Å². The van der Waals surface area contributed by atoms with E-state index in [0.29, 0.717) is 30.1 Å². The van der Waals surface area contributed by atoms with Crippen LogP contribution in [0, 0.1) is 23.7 Å². The van der Waals surface area contributed by atoms with Gasteiger partial charge in [0.2, 0.25) is 0 Å². The fourth-order valence-electron chi connectivity index (χ4n) is 8.20. The molecule has 0 aliphatic heterocycles. The number of hydrogen-bond acceptors (Lipinski definition) is 5. The van der Waals surface area contributed by atoms with Gasteiger partial charge in [0.25, 0.3) is 0 Å². The van der Waals surface area contributed by atoms with Crippen molar-refractivity contribution >= 4 is 5.97 Å². The highest BCUT2D eigenvalue weighted by atomic mass is 16.6. The zero-order valence-corrected chi connectivity index (χ0v) is 18.8. The maximum Gasteiger partial charge on any atom is 0.332 e. The van der Waals surface area contributed by atoms with E-state index in [0.717, 1.165) is 57.8 Å². The highest BCUT2D eigenvalue weighted by molar-refractivity contribution is 5.71. The standard InChI is InChI=1S/C25H38O5/c1-4-25(28)19-7-18-8-20(25)13-24(11-18,12-19)29-14-21(26)30-23(3)10-17-5-16(6-17)9-22(2,27)15-23/h10,16,18-20,27-28H,4-9,11-15H2,1-3H3. The summed E-state index contributed by atoms with van der Waals surface area (Å²) in [6.07, 6.45) is 11.0. The van der Waals surface area contributed by atoms with Gasteiger partial charge >= 0.3 is 5.97 Å². The zero-order chi connectivity index (χ0) is 21.4. The average Bonchev–Trinajstić information content (AvgIpc) is 2.60. The second-order valence-electron chi connectivity index (χ2n) is 11.9. The van der Waals surface area contributed by atoms with Crippen LogP contribution in [0.1, 0.15) is 85.0 Å². The Morgan fingerprint density at radius 3 is 2.37 bits per heavy atom. The number of esters is 1. The van der Waals surface area contributed by atoms with Gasteiger partial charge in [-0.05, 0) is 101 Å². The lowest BCUT2D eigenvalue weighted by Gasteiger charge is -2.63. The quantitative estimate of drug-likeness (QED) is 0.523. The van der Waals surface area contributed by atoms with Crippen molar-refractivity contribution in [1.29, 1.82) is 0 Å². The normalized spacial score (nSPS) is 51.6. The number of allylic oxidation sites excluding steroid dienone is 1. The summed E-state index contributed by atoms with van der Waals surface area (Å²) in [5, 5.41) is 22.0. The first kappa shape index (κ1) is 21.0. The molecule has 5 saturated carbocycles. The van der Waals surface area contributed by atoms with Crippen LogP contribution in [0.5, 0.6) is 0 Å². The molecule has 0 spiro atoms. The molecule has 0 aromatic rings. The second-order valence-corrected chi connectivity index (χ2v) is 11.9. The van der Waals surface area contributed by atoms with E-state index in [1.54, 1.807) is 0 Å². The summed E-state index contributed by atoms with van der Waals surface area (Å²) >= 11 is 0. The first-order valence-corrected chi connectivity index (χ1v) is 12.0. The number of carbonyl (C=O) groups excluding carboxylic acids is 1. The summed E-state index contributed by atoms with van der Waals surface area (Å²) in [6.45, 7) is 5.82. The largest absolute Gasteiger partial charge is 0.453 e. The molecule has 5 fully saturated rings. The Hall–Kier alpha value is -0.910. The van der Waals surface area contributed by atoms with Crippen molar-refractivity contribution in [2.24, 2.45) is 23.7 Å². The van der Waals surface area contributed by atoms with Crippen molar-refractivity contribution in [3.63, 3.8) is 0 Å². The molecule has 168 valence electrons. The van der Waals surface area contributed by atoms with Gasteiger partial charge < -0.3 is 19.7 Å². The topological polar surface area (TPSA) is 76.0 Å². The number of carbonyl (C=O) groups is 1. The third kappa shape index (κ3) is 3.55. The molecule has 0 heterocycles. The smallest absolute Gasteiger partial charge is 0.332 e. The summed E-state index contributed by atoms with van der Waals surface area (Å²) in [5.74, 6) is 1.41. The highest BCUT2D eigenvalue weighted by Crippen LogP contribution is 2.62. The van der Waals surface area contributed by atoms with E-state index >= 15 is 0 Å². The van der Waals surface area contributed by atoms with Crippen LogP contribution in [0.2, 0.25) is 0 Å². The monoisotopic (exact) mass is 418 g/mol. The van der Waals surface area contributed by atoms with Crippen LogP contribution < -0.4 is 0 Å². The summed E-state index contributed by atoms with van der Waals surface area (Å²) in [7, 11) is 0. The molecular weight excluding hydrogens is 380 g/mol. The Morgan fingerprint density at radius 1 is 1.07 bits per heavy atom. The molecule has 4 atom stereocenters. The molecule has 0 aromatic carbocycles.